The van der Waals surface area contributed by atoms with Crippen molar-refractivity contribution in [1.29, 1.82) is 0 Å². The van der Waals surface area contributed by atoms with Crippen LogP contribution in [-0.2, 0) is 16.4 Å². The number of anilines is 1. The highest BCUT2D eigenvalue weighted by Crippen LogP contribution is 2.29. The molecule has 0 radical (unpaired) electrons. The van der Waals surface area contributed by atoms with E-state index in [4.69, 9.17) is 5.73 Å². The zero-order chi connectivity index (χ0) is 17.3. The second kappa shape index (κ2) is 7.62. The number of nitrogens with two attached hydrogens (primary N) is 1. The molecule has 0 aromatic heterocycles. The van der Waals surface area contributed by atoms with E-state index in [-0.39, 0.29) is 18.0 Å². The summed E-state index contributed by atoms with van der Waals surface area (Å²) in [6.45, 7) is -1.30. The molecule has 1 amide bonds. The fourth-order valence-corrected chi connectivity index (χ4v) is 3.43. The number of hydrogen-bond acceptors (Lipinski definition) is 4. The van der Waals surface area contributed by atoms with E-state index in [1.807, 2.05) is 0 Å². The Balaban J connectivity index is 0.00000288. The van der Waals surface area contributed by atoms with Crippen molar-refractivity contribution in [3.8, 4) is 0 Å². The molecule has 1 aliphatic heterocycles. The Morgan fingerprint density at radius 3 is 2.67 bits per heavy atom. The van der Waals surface area contributed by atoms with Crippen molar-refractivity contribution in [2.75, 3.05) is 30.2 Å². The van der Waals surface area contributed by atoms with E-state index in [9.17, 15) is 22.0 Å². The summed E-state index contributed by atoms with van der Waals surface area (Å²) in [5, 5.41) is 2.14. The van der Waals surface area contributed by atoms with Gasteiger partial charge in [0, 0.05) is 12.1 Å². The molecule has 136 valence electrons. The summed E-state index contributed by atoms with van der Waals surface area (Å²) in [6, 6.07) is 4.51. The van der Waals surface area contributed by atoms with Gasteiger partial charge in [0.05, 0.1) is 25.0 Å². The number of nitrogens with one attached hydrogen (secondary N) is 1. The van der Waals surface area contributed by atoms with Crippen molar-refractivity contribution in [1.82, 2.24) is 5.32 Å². The number of aryl methyl sites for hydroxylation is 1. The highest BCUT2D eigenvalue weighted by Gasteiger charge is 2.28. The number of amides is 1. The van der Waals surface area contributed by atoms with E-state index in [1.54, 1.807) is 6.07 Å². The molecule has 2 rings (SSSR count). The number of benzene rings is 1. The third-order valence-electron chi connectivity index (χ3n) is 3.62. The number of fused-ring (bicyclic) bond motifs is 1. The van der Waals surface area contributed by atoms with Gasteiger partial charge in [0.25, 0.3) is 11.8 Å². The Morgan fingerprint density at radius 2 is 2.08 bits per heavy atom. The average molecular weight is 384 g/mol. The molecular weight excluding hydrogens is 364 g/mol. The predicted octanol–water partition coefficient (Wildman–Crippen LogP) is 1.14. The van der Waals surface area contributed by atoms with Crippen LogP contribution in [0.5, 0.6) is 0 Å². The minimum atomic E-state index is -3.39. The van der Waals surface area contributed by atoms with Gasteiger partial charge in [-0.05, 0) is 36.6 Å². The van der Waals surface area contributed by atoms with Crippen LogP contribution in [0, 0.1) is 0 Å². The van der Waals surface area contributed by atoms with Crippen LogP contribution in [0.2, 0.25) is 0 Å². The fraction of sp³-hybridized carbons (Fsp3) is 0.500. The Bertz CT molecular complexity index is 713. The van der Waals surface area contributed by atoms with Crippen molar-refractivity contribution < 1.29 is 22.0 Å². The quantitative estimate of drug-likeness (QED) is 0.797. The van der Waals surface area contributed by atoms with Gasteiger partial charge in [0.1, 0.15) is 0 Å². The largest absolute Gasteiger partial charge is 0.346 e. The lowest BCUT2D eigenvalue weighted by Gasteiger charge is -2.29. The summed E-state index contributed by atoms with van der Waals surface area (Å²) in [4.78, 5) is 12.0. The van der Waals surface area contributed by atoms with Gasteiger partial charge >= 0.3 is 0 Å². The zero-order valence-corrected chi connectivity index (χ0v) is 14.7. The van der Waals surface area contributed by atoms with Crippen molar-refractivity contribution in [2.45, 2.75) is 18.8 Å². The van der Waals surface area contributed by atoms with Crippen molar-refractivity contribution in [3.63, 3.8) is 0 Å². The van der Waals surface area contributed by atoms with Gasteiger partial charge in [-0.15, -0.1) is 12.4 Å². The SMILES string of the molecule is CS(=O)(=O)N1CCCc2cc(C(=O)NCC(F)(F)CN)ccc21.Cl. The molecule has 3 N–H and O–H groups in total. The van der Waals surface area contributed by atoms with Crippen molar-refractivity contribution in [2.24, 2.45) is 5.73 Å². The number of sulfonamides is 1. The first-order valence-electron chi connectivity index (χ1n) is 7.11. The molecule has 1 aromatic carbocycles. The maximum atomic E-state index is 13.1. The molecular formula is C14H20ClF2N3O3S. The highest BCUT2D eigenvalue weighted by atomic mass is 35.5. The summed E-state index contributed by atoms with van der Waals surface area (Å²) in [6.07, 6.45) is 2.38. The van der Waals surface area contributed by atoms with E-state index < -0.39 is 34.9 Å². The summed E-state index contributed by atoms with van der Waals surface area (Å²) in [7, 11) is -3.39. The lowest BCUT2D eigenvalue weighted by atomic mass is 10.0. The number of alkyl halides is 2. The molecule has 0 atom stereocenters. The lowest BCUT2D eigenvalue weighted by Crippen LogP contribution is -2.41. The topological polar surface area (TPSA) is 92.5 Å². The number of rotatable bonds is 5. The summed E-state index contributed by atoms with van der Waals surface area (Å²) >= 11 is 0. The van der Waals surface area contributed by atoms with E-state index in [0.717, 1.165) is 6.26 Å². The molecule has 1 aliphatic rings. The molecule has 0 unspecified atom stereocenters. The molecule has 1 heterocycles. The summed E-state index contributed by atoms with van der Waals surface area (Å²) in [5.41, 5.74) is 6.37. The average Bonchev–Trinajstić information content (AvgIpc) is 2.50. The van der Waals surface area contributed by atoms with E-state index in [1.165, 1.54) is 16.4 Å². The fourth-order valence-electron chi connectivity index (χ4n) is 2.43. The molecule has 10 heteroatoms. The minimum absolute atomic E-state index is 0. The molecule has 6 nitrogen and oxygen atoms in total. The molecule has 0 fully saturated rings. The zero-order valence-electron chi connectivity index (χ0n) is 13.1. The van der Waals surface area contributed by atoms with Gasteiger partial charge in [-0.2, -0.15) is 0 Å². The van der Waals surface area contributed by atoms with Crippen LogP contribution in [0.4, 0.5) is 14.5 Å². The van der Waals surface area contributed by atoms with E-state index >= 15 is 0 Å². The summed E-state index contributed by atoms with van der Waals surface area (Å²) in [5.74, 6) is -3.80. The maximum Gasteiger partial charge on any atom is 0.277 e. The second-order valence-electron chi connectivity index (χ2n) is 5.52. The van der Waals surface area contributed by atoms with Crippen LogP contribution < -0.4 is 15.4 Å². The number of carbonyl (C=O) groups excluding carboxylic acids is 1. The molecule has 0 saturated heterocycles. The Morgan fingerprint density at radius 1 is 1.42 bits per heavy atom. The lowest BCUT2D eigenvalue weighted by molar-refractivity contribution is 0.0118. The van der Waals surface area contributed by atoms with Crippen LogP contribution in [0.3, 0.4) is 0 Å². The number of carbonyl (C=O) groups is 1. The summed E-state index contributed by atoms with van der Waals surface area (Å²) < 4.78 is 51.0. The third-order valence-corrected chi connectivity index (χ3v) is 4.80. The Kier molecular flexibility index (Phi) is 6.54. The smallest absolute Gasteiger partial charge is 0.277 e. The van der Waals surface area contributed by atoms with Crippen LogP contribution in [0.25, 0.3) is 0 Å². The number of hydrogen-bond donors (Lipinski definition) is 2. The highest BCUT2D eigenvalue weighted by molar-refractivity contribution is 7.92. The van der Waals surface area contributed by atoms with Crippen molar-refractivity contribution >= 4 is 34.0 Å². The molecule has 0 saturated carbocycles. The molecule has 0 bridgehead atoms. The Hall–Kier alpha value is -1.45. The van der Waals surface area contributed by atoms with Crippen LogP contribution in [0.1, 0.15) is 22.3 Å². The van der Waals surface area contributed by atoms with Crippen LogP contribution >= 0.6 is 12.4 Å². The third kappa shape index (κ3) is 4.78. The van der Waals surface area contributed by atoms with Crippen LogP contribution in [-0.4, -0.2) is 46.1 Å². The normalized spacial score (nSPS) is 14.6. The first kappa shape index (κ1) is 20.6. The van der Waals surface area contributed by atoms with E-state index in [2.05, 4.69) is 5.32 Å². The van der Waals surface area contributed by atoms with Gasteiger partial charge in [-0.25, -0.2) is 17.2 Å². The predicted molar refractivity (Wildman–Crippen MR) is 90.5 cm³/mol. The molecule has 0 spiro atoms. The first-order chi connectivity index (χ1) is 10.6. The van der Waals surface area contributed by atoms with Crippen LogP contribution in [0.15, 0.2) is 18.2 Å². The Labute approximate surface area is 145 Å². The van der Waals surface area contributed by atoms with Gasteiger partial charge < -0.3 is 11.1 Å². The van der Waals surface area contributed by atoms with Gasteiger partial charge in [0.15, 0.2) is 0 Å². The van der Waals surface area contributed by atoms with Crippen molar-refractivity contribution in [3.05, 3.63) is 29.3 Å². The maximum absolute atomic E-state index is 13.1. The first-order valence-corrected chi connectivity index (χ1v) is 8.95. The molecule has 1 aromatic rings. The molecule has 0 aliphatic carbocycles. The number of nitrogens with zero attached hydrogens (tertiary/aromatic N) is 1. The monoisotopic (exact) mass is 383 g/mol. The van der Waals surface area contributed by atoms with Gasteiger partial charge in [-0.3, -0.25) is 9.10 Å². The molecule has 24 heavy (non-hydrogen) atoms. The van der Waals surface area contributed by atoms with E-state index in [0.29, 0.717) is 30.6 Å². The standard InChI is InChI=1S/C14H19F2N3O3S.ClH/c1-23(21,22)19-6-2-3-10-7-11(4-5-12(10)19)13(20)18-9-14(15,16)8-17;/h4-5,7H,2-3,6,8-9,17H2,1H3,(H,18,20);1H. The van der Waals surface area contributed by atoms with Gasteiger partial charge in [0.2, 0.25) is 10.0 Å². The van der Waals surface area contributed by atoms with Gasteiger partial charge in [-0.1, -0.05) is 0 Å². The minimum Gasteiger partial charge on any atom is -0.346 e. The number of halogens is 3. The second-order valence-corrected chi connectivity index (χ2v) is 7.43.